The topological polar surface area (TPSA) is 55.1 Å². The minimum absolute atomic E-state index is 0.0395. The number of hydrogen-bond acceptors (Lipinski definition) is 2. The van der Waals surface area contributed by atoms with E-state index in [4.69, 9.17) is 5.11 Å². The second-order valence-corrected chi connectivity index (χ2v) is 3.24. The quantitative estimate of drug-likeness (QED) is 0.852. The van der Waals surface area contributed by atoms with Gasteiger partial charge in [0.05, 0.1) is 6.33 Å². The molecule has 0 unspecified atom stereocenters. The van der Waals surface area contributed by atoms with Crippen LogP contribution in [0.3, 0.4) is 0 Å². The fraction of sp³-hybridized carbons (Fsp3) is 0. The van der Waals surface area contributed by atoms with Crippen LogP contribution in [-0.4, -0.2) is 20.6 Å². The first kappa shape index (κ1) is 10.2. The Kier molecular flexibility index (Phi) is 2.82. The molecule has 0 amide bonds. The molecular formula is C12H10N2O2. The van der Waals surface area contributed by atoms with E-state index in [1.807, 2.05) is 36.4 Å². The Balaban J connectivity index is 2.15. The smallest absolute Gasteiger partial charge is 0.356 e. The van der Waals surface area contributed by atoms with Crippen LogP contribution in [0.25, 0.3) is 12.3 Å². The Morgan fingerprint density at radius 3 is 2.69 bits per heavy atom. The van der Waals surface area contributed by atoms with Crippen LogP contribution in [0.4, 0.5) is 0 Å². The largest absolute Gasteiger partial charge is 0.476 e. The first-order chi connectivity index (χ1) is 7.75. The highest BCUT2D eigenvalue weighted by Gasteiger charge is 2.04. The Hall–Kier alpha value is -2.36. The van der Waals surface area contributed by atoms with E-state index < -0.39 is 5.97 Å². The summed E-state index contributed by atoms with van der Waals surface area (Å²) in [5.74, 6) is -1.02. The molecule has 1 aromatic heterocycles. The van der Waals surface area contributed by atoms with Gasteiger partial charge in [0.1, 0.15) is 0 Å². The predicted molar refractivity (Wildman–Crippen MR) is 60.9 cm³/mol. The van der Waals surface area contributed by atoms with E-state index >= 15 is 0 Å². The highest BCUT2D eigenvalue weighted by molar-refractivity contribution is 5.85. The summed E-state index contributed by atoms with van der Waals surface area (Å²) in [7, 11) is 0. The van der Waals surface area contributed by atoms with Crippen molar-refractivity contribution in [3.63, 3.8) is 0 Å². The first-order valence-corrected chi connectivity index (χ1v) is 4.76. The van der Waals surface area contributed by atoms with Crippen LogP contribution in [0, 0.1) is 0 Å². The minimum Gasteiger partial charge on any atom is -0.476 e. The molecule has 16 heavy (non-hydrogen) atoms. The molecule has 0 bridgehead atoms. The van der Waals surface area contributed by atoms with Gasteiger partial charge in [-0.15, -0.1) is 0 Å². The van der Waals surface area contributed by atoms with E-state index in [9.17, 15) is 4.79 Å². The van der Waals surface area contributed by atoms with E-state index in [-0.39, 0.29) is 5.69 Å². The molecule has 0 fully saturated rings. The van der Waals surface area contributed by atoms with Gasteiger partial charge in [-0.2, -0.15) is 0 Å². The number of rotatable bonds is 3. The van der Waals surface area contributed by atoms with E-state index in [0.717, 1.165) is 5.56 Å². The molecule has 1 heterocycles. The third-order valence-corrected chi connectivity index (χ3v) is 2.06. The normalized spacial score (nSPS) is 10.8. The number of aromatic carboxylic acids is 1. The summed E-state index contributed by atoms with van der Waals surface area (Å²) in [5.41, 5.74) is 1.09. The second kappa shape index (κ2) is 4.44. The highest BCUT2D eigenvalue weighted by Crippen LogP contribution is 2.03. The number of aromatic nitrogens is 2. The van der Waals surface area contributed by atoms with Crippen LogP contribution in [0.2, 0.25) is 0 Å². The molecule has 0 spiro atoms. The van der Waals surface area contributed by atoms with Gasteiger partial charge in [-0.3, -0.25) is 0 Å². The number of hydrogen-bond donors (Lipinski definition) is 1. The number of carboxylic acids is 1. The van der Waals surface area contributed by atoms with Gasteiger partial charge < -0.3 is 9.67 Å². The molecular weight excluding hydrogens is 204 g/mol. The van der Waals surface area contributed by atoms with Crippen molar-refractivity contribution in [3.8, 4) is 0 Å². The predicted octanol–water partition coefficient (Wildman–Crippen LogP) is 2.21. The maximum Gasteiger partial charge on any atom is 0.356 e. The average Bonchev–Trinajstić information content (AvgIpc) is 2.76. The first-order valence-electron chi connectivity index (χ1n) is 4.76. The van der Waals surface area contributed by atoms with Crippen LogP contribution in [0.15, 0.2) is 42.9 Å². The average molecular weight is 214 g/mol. The Morgan fingerprint density at radius 2 is 2.06 bits per heavy atom. The van der Waals surface area contributed by atoms with Crippen molar-refractivity contribution >= 4 is 18.2 Å². The molecule has 0 aliphatic carbocycles. The Morgan fingerprint density at radius 1 is 1.31 bits per heavy atom. The lowest BCUT2D eigenvalue weighted by molar-refractivity contribution is 0.0691. The van der Waals surface area contributed by atoms with Crippen molar-refractivity contribution in [2.75, 3.05) is 0 Å². The molecule has 2 aromatic rings. The molecule has 2 rings (SSSR count). The van der Waals surface area contributed by atoms with Crippen LogP contribution in [0.5, 0.6) is 0 Å². The van der Waals surface area contributed by atoms with Gasteiger partial charge in [-0.05, 0) is 11.6 Å². The maximum absolute atomic E-state index is 10.6. The highest BCUT2D eigenvalue weighted by atomic mass is 16.4. The third-order valence-electron chi connectivity index (χ3n) is 2.06. The molecule has 80 valence electrons. The summed E-state index contributed by atoms with van der Waals surface area (Å²) >= 11 is 0. The van der Waals surface area contributed by atoms with Crippen molar-refractivity contribution in [3.05, 3.63) is 54.1 Å². The zero-order valence-electron chi connectivity index (χ0n) is 8.45. The monoisotopic (exact) mass is 214 g/mol. The minimum atomic E-state index is -1.02. The maximum atomic E-state index is 10.6. The van der Waals surface area contributed by atoms with Crippen molar-refractivity contribution in [2.45, 2.75) is 0 Å². The van der Waals surface area contributed by atoms with E-state index in [1.165, 1.54) is 12.5 Å². The molecule has 4 nitrogen and oxygen atoms in total. The number of imidazole rings is 1. The lowest BCUT2D eigenvalue weighted by Crippen LogP contribution is -1.95. The van der Waals surface area contributed by atoms with Gasteiger partial charge in [0.2, 0.25) is 0 Å². The number of benzene rings is 1. The zero-order chi connectivity index (χ0) is 11.4. The molecule has 1 N–H and O–H groups in total. The standard InChI is InChI=1S/C12H10N2O2/c15-12(16)11-8-14(9-13-11)7-6-10-4-2-1-3-5-10/h1-9H,(H,15,16)/b7-6+. The second-order valence-electron chi connectivity index (χ2n) is 3.24. The van der Waals surface area contributed by atoms with Crippen LogP contribution >= 0.6 is 0 Å². The molecule has 4 heteroatoms. The molecule has 1 aromatic carbocycles. The molecule has 0 aliphatic rings. The number of carbonyl (C=O) groups is 1. The molecule has 0 atom stereocenters. The van der Waals surface area contributed by atoms with E-state index in [2.05, 4.69) is 4.98 Å². The lowest BCUT2D eigenvalue weighted by atomic mass is 10.2. The summed E-state index contributed by atoms with van der Waals surface area (Å²) in [6.07, 6.45) is 6.56. The van der Waals surface area contributed by atoms with Crippen LogP contribution < -0.4 is 0 Å². The van der Waals surface area contributed by atoms with E-state index in [1.54, 1.807) is 10.8 Å². The van der Waals surface area contributed by atoms with Crippen molar-refractivity contribution in [1.29, 1.82) is 0 Å². The van der Waals surface area contributed by atoms with Gasteiger partial charge in [-0.25, -0.2) is 9.78 Å². The molecule has 0 radical (unpaired) electrons. The van der Waals surface area contributed by atoms with E-state index in [0.29, 0.717) is 0 Å². The lowest BCUT2D eigenvalue weighted by Gasteiger charge is -1.92. The van der Waals surface area contributed by atoms with Crippen LogP contribution in [0.1, 0.15) is 16.1 Å². The summed E-state index contributed by atoms with van der Waals surface area (Å²) in [5, 5.41) is 8.68. The van der Waals surface area contributed by atoms with Crippen LogP contribution in [-0.2, 0) is 0 Å². The van der Waals surface area contributed by atoms with Gasteiger partial charge in [0.15, 0.2) is 5.69 Å². The Bertz CT molecular complexity index is 515. The van der Waals surface area contributed by atoms with Crippen molar-refractivity contribution in [1.82, 2.24) is 9.55 Å². The number of nitrogens with zero attached hydrogens (tertiary/aromatic N) is 2. The SMILES string of the molecule is O=C(O)c1cn(/C=C/c2ccccc2)cn1. The zero-order valence-corrected chi connectivity index (χ0v) is 8.45. The fourth-order valence-electron chi connectivity index (χ4n) is 1.26. The van der Waals surface area contributed by atoms with Gasteiger partial charge >= 0.3 is 5.97 Å². The van der Waals surface area contributed by atoms with Gasteiger partial charge in [0, 0.05) is 12.4 Å². The van der Waals surface area contributed by atoms with Gasteiger partial charge in [0.25, 0.3) is 0 Å². The molecule has 0 saturated heterocycles. The van der Waals surface area contributed by atoms with Crippen molar-refractivity contribution < 1.29 is 9.90 Å². The molecule has 0 aliphatic heterocycles. The molecule has 0 saturated carbocycles. The summed E-state index contributed by atoms with van der Waals surface area (Å²) in [6.45, 7) is 0. The Labute approximate surface area is 92.5 Å². The summed E-state index contributed by atoms with van der Waals surface area (Å²) in [4.78, 5) is 14.3. The fourth-order valence-corrected chi connectivity index (χ4v) is 1.26. The van der Waals surface area contributed by atoms with Gasteiger partial charge in [-0.1, -0.05) is 30.3 Å². The number of carboxylic acid groups (broad SMARTS) is 1. The third kappa shape index (κ3) is 2.36. The summed E-state index contributed by atoms with van der Waals surface area (Å²) in [6, 6.07) is 9.75. The van der Waals surface area contributed by atoms with Crippen molar-refractivity contribution in [2.24, 2.45) is 0 Å². The summed E-state index contributed by atoms with van der Waals surface area (Å²) < 4.78 is 1.61.